The van der Waals surface area contributed by atoms with Crippen LogP contribution in [0.25, 0.3) is 20.7 Å². The van der Waals surface area contributed by atoms with Crippen LogP contribution >= 0.6 is 11.3 Å². The minimum Gasteiger partial charge on any atom is -0.299 e. The molecule has 21 heavy (non-hydrogen) atoms. The van der Waals surface area contributed by atoms with Gasteiger partial charge in [-0.3, -0.25) is 4.90 Å². The summed E-state index contributed by atoms with van der Waals surface area (Å²) in [5.41, 5.74) is 3.67. The first-order chi connectivity index (χ1) is 10.3. The van der Waals surface area contributed by atoms with Crippen LogP contribution in [0.4, 0.5) is 0 Å². The van der Waals surface area contributed by atoms with Crippen LogP contribution in [0.5, 0.6) is 0 Å². The number of aromatic nitrogens is 2. The number of benzene rings is 1. The highest BCUT2D eigenvalue weighted by atomic mass is 32.1. The van der Waals surface area contributed by atoms with E-state index in [1.807, 2.05) is 6.20 Å². The van der Waals surface area contributed by atoms with E-state index in [-0.39, 0.29) is 0 Å². The number of nitrogens with zero attached hydrogens (tertiary/aromatic N) is 3. The number of hydrogen-bond donors (Lipinski definition) is 0. The minimum absolute atomic E-state index is 0.811. The van der Waals surface area contributed by atoms with Gasteiger partial charge in [-0.15, -0.1) is 11.3 Å². The van der Waals surface area contributed by atoms with Crippen molar-refractivity contribution in [3.8, 4) is 10.4 Å². The number of rotatable bonds is 4. The van der Waals surface area contributed by atoms with Crippen molar-refractivity contribution in [1.29, 1.82) is 0 Å². The molecule has 4 rings (SSSR count). The Morgan fingerprint density at radius 1 is 1.24 bits per heavy atom. The van der Waals surface area contributed by atoms with E-state index in [1.165, 1.54) is 28.8 Å². The van der Waals surface area contributed by atoms with Gasteiger partial charge in [0.05, 0.1) is 10.2 Å². The lowest BCUT2D eigenvalue weighted by molar-refractivity contribution is 0.316. The molecule has 0 unspecified atom stereocenters. The van der Waals surface area contributed by atoms with Gasteiger partial charge in [-0.05, 0) is 37.1 Å². The lowest BCUT2D eigenvalue weighted by atomic mass is 10.1. The quantitative estimate of drug-likeness (QED) is 0.729. The van der Waals surface area contributed by atoms with Gasteiger partial charge in [0, 0.05) is 23.7 Å². The average Bonchev–Trinajstić information content (AvgIpc) is 3.27. The molecular weight excluding hydrogens is 278 g/mol. The van der Waals surface area contributed by atoms with E-state index in [9.17, 15) is 0 Å². The Balaban J connectivity index is 1.57. The van der Waals surface area contributed by atoms with Crippen molar-refractivity contribution in [2.75, 3.05) is 7.05 Å². The first kappa shape index (κ1) is 12.9. The maximum Gasteiger partial charge on any atom is 0.116 e. The van der Waals surface area contributed by atoms with Crippen LogP contribution in [0, 0.1) is 0 Å². The monoisotopic (exact) mass is 295 g/mol. The van der Waals surface area contributed by atoms with E-state index in [1.54, 1.807) is 17.7 Å². The fourth-order valence-corrected chi connectivity index (χ4v) is 3.63. The normalized spacial score (nSPS) is 15.0. The summed E-state index contributed by atoms with van der Waals surface area (Å²) in [7, 11) is 2.22. The number of hydrogen-bond acceptors (Lipinski definition) is 4. The van der Waals surface area contributed by atoms with Crippen molar-refractivity contribution in [3.63, 3.8) is 0 Å². The van der Waals surface area contributed by atoms with Crippen molar-refractivity contribution >= 4 is 21.6 Å². The molecule has 1 saturated carbocycles. The second-order valence-corrected chi connectivity index (χ2v) is 6.81. The van der Waals surface area contributed by atoms with Crippen molar-refractivity contribution < 1.29 is 0 Å². The molecule has 0 aliphatic heterocycles. The highest BCUT2D eigenvalue weighted by Crippen LogP contribution is 2.32. The van der Waals surface area contributed by atoms with E-state index >= 15 is 0 Å². The summed E-state index contributed by atoms with van der Waals surface area (Å²) < 4.78 is 1.14. The predicted molar refractivity (Wildman–Crippen MR) is 87.3 cm³/mol. The van der Waals surface area contributed by atoms with Gasteiger partial charge in [0.1, 0.15) is 6.33 Å². The van der Waals surface area contributed by atoms with Gasteiger partial charge in [0.15, 0.2) is 0 Å². The molecule has 0 radical (unpaired) electrons. The average molecular weight is 295 g/mol. The van der Waals surface area contributed by atoms with Gasteiger partial charge in [-0.2, -0.15) is 0 Å². The molecule has 1 aliphatic rings. The standard InChI is InChI=1S/C17H17N3S/c1-20(14-6-7-14)10-12-2-4-13(5-3-12)16-8-15-17(21-16)9-18-11-19-15/h2-5,8-9,11,14H,6-7,10H2,1H3. The smallest absolute Gasteiger partial charge is 0.116 e. The zero-order valence-electron chi connectivity index (χ0n) is 12.0. The van der Waals surface area contributed by atoms with Crippen LogP contribution in [0.15, 0.2) is 42.9 Å². The molecule has 0 N–H and O–H groups in total. The molecule has 1 fully saturated rings. The molecule has 1 aromatic carbocycles. The van der Waals surface area contributed by atoms with Gasteiger partial charge in [0.2, 0.25) is 0 Å². The zero-order chi connectivity index (χ0) is 14.2. The first-order valence-electron chi connectivity index (χ1n) is 7.29. The van der Waals surface area contributed by atoms with Gasteiger partial charge in [-0.25, -0.2) is 9.97 Å². The van der Waals surface area contributed by atoms with Crippen LogP contribution in [0.2, 0.25) is 0 Å². The minimum atomic E-state index is 0.811. The summed E-state index contributed by atoms with van der Waals surface area (Å²) in [5, 5.41) is 0. The maximum atomic E-state index is 4.30. The third-order valence-corrected chi connectivity index (χ3v) is 5.14. The fourth-order valence-electron chi connectivity index (χ4n) is 2.63. The first-order valence-corrected chi connectivity index (χ1v) is 8.10. The van der Waals surface area contributed by atoms with Crippen LogP contribution in [0.1, 0.15) is 18.4 Å². The second kappa shape index (κ2) is 5.20. The van der Waals surface area contributed by atoms with Gasteiger partial charge in [-0.1, -0.05) is 24.3 Å². The summed E-state index contributed by atoms with van der Waals surface area (Å²) in [4.78, 5) is 12.1. The summed E-state index contributed by atoms with van der Waals surface area (Å²) in [6.07, 6.45) is 6.21. The molecule has 3 nitrogen and oxygen atoms in total. The van der Waals surface area contributed by atoms with Crippen LogP contribution in [-0.2, 0) is 6.54 Å². The molecular formula is C17H17N3S. The Morgan fingerprint density at radius 3 is 2.76 bits per heavy atom. The summed E-state index contributed by atoms with van der Waals surface area (Å²) >= 11 is 1.75. The van der Waals surface area contributed by atoms with Crippen LogP contribution < -0.4 is 0 Å². The van der Waals surface area contributed by atoms with Crippen molar-refractivity contribution in [2.24, 2.45) is 0 Å². The Hall–Kier alpha value is -1.78. The third kappa shape index (κ3) is 2.69. The predicted octanol–water partition coefficient (Wildman–Crippen LogP) is 3.95. The zero-order valence-corrected chi connectivity index (χ0v) is 12.8. The van der Waals surface area contributed by atoms with E-state index in [2.05, 4.69) is 52.2 Å². The summed E-state index contributed by atoms with van der Waals surface area (Å²) in [6.45, 7) is 1.04. The number of thiophene rings is 1. The molecule has 3 aromatic rings. The van der Waals surface area contributed by atoms with E-state index in [0.717, 1.165) is 22.8 Å². The van der Waals surface area contributed by atoms with E-state index in [0.29, 0.717) is 0 Å². The summed E-state index contributed by atoms with van der Waals surface area (Å²) in [6, 6.07) is 11.9. The molecule has 0 bridgehead atoms. The van der Waals surface area contributed by atoms with Crippen molar-refractivity contribution in [3.05, 3.63) is 48.4 Å². The Bertz CT molecular complexity index is 726. The Labute approximate surface area is 128 Å². The van der Waals surface area contributed by atoms with Crippen LogP contribution in [-0.4, -0.2) is 28.0 Å². The molecule has 0 spiro atoms. The highest BCUT2D eigenvalue weighted by Gasteiger charge is 2.25. The van der Waals surface area contributed by atoms with Gasteiger partial charge < -0.3 is 0 Å². The molecule has 0 atom stereocenters. The summed E-state index contributed by atoms with van der Waals surface area (Å²) in [5.74, 6) is 0. The molecule has 0 saturated heterocycles. The Morgan fingerprint density at radius 2 is 2.05 bits per heavy atom. The molecule has 2 heterocycles. The lowest BCUT2D eigenvalue weighted by Gasteiger charge is -2.15. The highest BCUT2D eigenvalue weighted by molar-refractivity contribution is 7.22. The van der Waals surface area contributed by atoms with Crippen molar-refractivity contribution in [2.45, 2.75) is 25.4 Å². The van der Waals surface area contributed by atoms with E-state index < -0.39 is 0 Å². The third-order valence-electron chi connectivity index (χ3n) is 4.04. The van der Waals surface area contributed by atoms with Crippen LogP contribution in [0.3, 0.4) is 0 Å². The lowest BCUT2D eigenvalue weighted by Crippen LogP contribution is -2.19. The molecule has 1 aliphatic carbocycles. The Kier molecular flexibility index (Phi) is 3.20. The number of fused-ring (bicyclic) bond motifs is 1. The molecule has 2 aromatic heterocycles. The largest absolute Gasteiger partial charge is 0.299 e. The van der Waals surface area contributed by atoms with Gasteiger partial charge in [0.25, 0.3) is 0 Å². The van der Waals surface area contributed by atoms with E-state index in [4.69, 9.17) is 0 Å². The van der Waals surface area contributed by atoms with Crippen molar-refractivity contribution in [1.82, 2.24) is 14.9 Å². The topological polar surface area (TPSA) is 29.0 Å². The second-order valence-electron chi connectivity index (χ2n) is 5.73. The SMILES string of the molecule is CN(Cc1ccc(-c2cc3ncncc3s2)cc1)C1CC1. The molecule has 106 valence electrons. The fraction of sp³-hybridized carbons (Fsp3) is 0.294. The molecule has 4 heteroatoms. The van der Waals surface area contributed by atoms with Gasteiger partial charge >= 0.3 is 0 Å². The molecule has 0 amide bonds. The maximum absolute atomic E-state index is 4.30.